The van der Waals surface area contributed by atoms with Crippen LogP contribution in [0.3, 0.4) is 0 Å². The fourth-order valence-electron chi connectivity index (χ4n) is 4.07. The largest absolute Gasteiger partial charge is 0.497 e. The summed E-state index contributed by atoms with van der Waals surface area (Å²) in [5.74, 6) is 0.281. The number of ether oxygens (including phenoxy) is 2. The van der Waals surface area contributed by atoms with Crippen LogP contribution >= 0.6 is 0 Å². The van der Waals surface area contributed by atoms with E-state index in [9.17, 15) is 14.0 Å². The van der Waals surface area contributed by atoms with Gasteiger partial charge in [-0.2, -0.15) is 5.10 Å². The van der Waals surface area contributed by atoms with Crippen molar-refractivity contribution < 1.29 is 23.5 Å². The smallest absolute Gasteiger partial charge is 0.254 e. The van der Waals surface area contributed by atoms with Crippen molar-refractivity contribution in [3.05, 3.63) is 90.2 Å². The number of hydrogen-bond donors (Lipinski definition) is 1. The van der Waals surface area contributed by atoms with Crippen LogP contribution in [0.25, 0.3) is 16.9 Å². The molecule has 0 aliphatic rings. The lowest BCUT2D eigenvalue weighted by atomic mass is 10.1. The molecule has 0 radical (unpaired) electrons. The summed E-state index contributed by atoms with van der Waals surface area (Å²) in [6, 6.07) is 22.0. The SMILES string of the molecule is CCCCN(CC(=O)Nc1cc(-c2ccccc2)nn1-c1ccc(F)cc1)C(=O)c1cc(OC)cc(OC)c1. The van der Waals surface area contributed by atoms with Crippen LogP contribution in [0.1, 0.15) is 30.1 Å². The molecule has 4 rings (SSSR count). The molecule has 9 heteroatoms. The zero-order chi connectivity index (χ0) is 27.8. The van der Waals surface area contributed by atoms with Crippen molar-refractivity contribution in [1.82, 2.24) is 14.7 Å². The number of nitrogens with zero attached hydrogens (tertiary/aromatic N) is 3. The molecule has 1 N–H and O–H groups in total. The van der Waals surface area contributed by atoms with Crippen molar-refractivity contribution in [3.8, 4) is 28.4 Å². The Morgan fingerprint density at radius 1 is 0.949 bits per heavy atom. The fraction of sp³-hybridized carbons (Fsp3) is 0.233. The third-order valence-electron chi connectivity index (χ3n) is 6.12. The summed E-state index contributed by atoms with van der Waals surface area (Å²) in [5, 5.41) is 7.55. The molecular weight excluding hydrogens is 499 g/mol. The highest BCUT2D eigenvalue weighted by Crippen LogP contribution is 2.26. The van der Waals surface area contributed by atoms with E-state index in [2.05, 4.69) is 10.4 Å². The molecule has 2 amide bonds. The third kappa shape index (κ3) is 6.81. The molecule has 0 saturated carbocycles. The Balaban J connectivity index is 1.61. The quantitative estimate of drug-likeness (QED) is 0.274. The molecular formula is C30H31FN4O4. The summed E-state index contributed by atoms with van der Waals surface area (Å²) >= 11 is 0. The minimum Gasteiger partial charge on any atom is -0.497 e. The van der Waals surface area contributed by atoms with Gasteiger partial charge in [0.25, 0.3) is 5.91 Å². The lowest BCUT2D eigenvalue weighted by Crippen LogP contribution is -2.39. The van der Waals surface area contributed by atoms with E-state index >= 15 is 0 Å². The molecule has 39 heavy (non-hydrogen) atoms. The summed E-state index contributed by atoms with van der Waals surface area (Å²) < 4.78 is 25.7. The van der Waals surface area contributed by atoms with Crippen LogP contribution in [0.15, 0.2) is 78.9 Å². The second-order valence-electron chi connectivity index (χ2n) is 8.90. The Morgan fingerprint density at radius 2 is 1.62 bits per heavy atom. The molecule has 1 aromatic heterocycles. The van der Waals surface area contributed by atoms with Crippen molar-refractivity contribution in [1.29, 1.82) is 0 Å². The number of halogens is 1. The molecule has 8 nitrogen and oxygen atoms in total. The highest BCUT2D eigenvalue weighted by atomic mass is 19.1. The number of hydrogen-bond acceptors (Lipinski definition) is 5. The van der Waals surface area contributed by atoms with Gasteiger partial charge in [-0.3, -0.25) is 9.59 Å². The van der Waals surface area contributed by atoms with Crippen molar-refractivity contribution in [2.45, 2.75) is 19.8 Å². The molecule has 0 aliphatic carbocycles. The molecule has 0 atom stereocenters. The highest BCUT2D eigenvalue weighted by Gasteiger charge is 2.22. The van der Waals surface area contributed by atoms with Crippen LogP contribution < -0.4 is 14.8 Å². The molecule has 0 aliphatic heterocycles. The maximum atomic E-state index is 13.6. The Kier molecular flexibility index (Phi) is 8.94. The lowest BCUT2D eigenvalue weighted by Gasteiger charge is -2.23. The van der Waals surface area contributed by atoms with E-state index in [1.807, 2.05) is 37.3 Å². The molecule has 3 aromatic carbocycles. The van der Waals surface area contributed by atoms with Crippen LogP contribution in [0, 0.1) is 5.82 Å². The molecule has 0 spiro atoms. The zero-order valence-electron chi connectivity index (χ0n) is 22.2. The Bertz CT molecular complexity index is 1400. The maximum Gasteiger partial charge on any atom is 0.254 e. The number of amides is 2. The Morgan fingerprint density at radius 3 is 2.23 bits per heavy atom. The van der Waals surface area contributed by atoms with Crippen LogP contribution in [0.4, 0.5) is 10.2 Å². The van der Waals surface area contributed by atoms with Gasteiger partial charge in [0.05, 0.1) is 25.6 Å². The predicted molar refractivity (Wildman–Crippen MR) is 148 cm³/mol. The van der Waals surface area contributed by atoms with Gasteiger partial charge in [0.1, 0.15) is 29.7 Å². The molecule has 1 heterocycles. The molecule has 0 saturated heterocycles. The number of carbonyl (C=O) groups excluding carboxylic acids is 2. The molecule has 202 valence electrons. The number of unbranched alkanes of at least 4 members (excludes halogenated alkanes) is 1. The number of methoxy groups -OCH3 is 2. The first-order valence-electron chi connectivity index (χ1n) is 12.7. The van der Waals surface area contributed by atoms with Gasteiger partial charge in [0.2, 0.25) is 5.91 Å². The Hall–Kier alpha value is -4.66. The molecule has 0 fully saturated rings. The van der Waals surface area contributed by atoms with E-state index in [0.29, 0.717) is 40.8 Å². The lowest BCUT2D eigenvalue weighted by molar-refractivity contribution is -0.117. The van der Waals surface area contributed by atoms with Gasteiger partial charge in [0, 0.05) is 29.8 Å². The topological polar surface area (TPSA) is 85.7 Å². The third-order valence-corrected chi connectivity index (χ3v) is 6.12. The van der Waals surface area contributed by atoms with Gasteiger partial charge < -0.3 is 19.7 Å². The van der Waals surface area contributed by atoms with Gasteiger partial charge in [-0.1, -0.05) is 43.7 Å². The van der Waals surface area contributed by atoms with Crippen LogP contribution in [0.2, 0.25) is 0 Å². The second kappa shape index (κ2) is 12.7. The van der Waals surface area contributed by atoms with E-state index < -0.39 is 5.91 Å². The van der Waals surface area contributed by atoms with Gasteiger partial charge in [-0.15, -0.1) is 0 Å². The van der Waals surface area contributed by atoms with Crippen molar-refractivity contribution in [3.63, 3.8) is 0 Å². The van der Waals surface area contributed by atoms with Gasteiger partial charge >= 0.3 is 0 Å². The number of rotatable bonds is 11. The zero-order valence-corrected chi connectivity index (χ0v) is 22.2. The van der Waals surface area contributed by atoms with E-state index in [1.54, 1.807) is 41.1 Å². The minimum absolute atomic E-state index is 0.173. The van der Waals surface area contributed by atoms with Crippen LogP contribution in [-0.2, 0) is 4.79 Å². The van der Waals surface area contributed by atoms with Gasteiger partial charge in [-0.05, 0) is 42.8 Å². The van der Waals surface area contributed by atoms with E-state index in [4.69, 9.17) is 9.47 Å². The van der Waals surface area contributed by atoms with Crippen molar-refractivity contribution in [2.75, 3.05) is 32.6 Å². The summed E-state index contributed by atoms with van der Waals surface area (Å²) in [5.41, 5.74) is 2.44. The van der Waals surface area contributed by atoms with E-state index in [1.165, 1.54) is 31.3 Å². The van der Waals surface area contributed by atoms with Crippen molar-refractivity contribution >= 4 is 17.6 Å². The number of carbonyl (C=O) groups is 2. The summed E-state index contributed by atoms with van der Waals surface area (Å²) in [7, 11) is 3.03. The number of benzene rings is 3. The van der Waals surface area contributed by atoms with Crippen LogP contribution in [-0.4, -0.2) is 53.8 Å². The minimum atomic E-state index is -0.391. The highest BCUT2D eigenvalue weighted by molar-refractivity contribution is 6.00. The first-order chi connectivity index (χ1) is 18.9. The molecule has 0 bridgehead atoms. The normalized spacial score (nSPS) is 10.7. The van der Waals surface area contributed by atoms with E-state index in [-0.39, 0.29) is 18.3 Å². The Labute approximate surface area is 227 Å². The summed E-state index contributed by atoms with van der Waals surface area (Å²) in [6.45, 7) is 2.24. The first-order valence-corrected chi connectivity index (χ1v) is 12.7. The average molecular weight is 531 g/mol. The summed E-state index contributed by atoms with van der Waals surface area (Å²) in [6.07, 6.45) is 1.58. The summed E-state index contributed by atoms with van der Waals surface area (Å²) in [4.78, 5) is 28.3. The van der Waals surface area contributed by atoms with E-state index in [0.717, 1.165) is 18.4 Å². The maximum absolute atomic E-state index is 13.6. The first kappa shape index (κ1) is 27.4. The molecule has 0 unspecified atom stereocenters. The fourth-order valence-corrected chi connectivity index (χ4v) is 4.07. The standard InChI is InChI=1S/C30H31FN4O4/c1-4-5-15-34(30(37)22-16-25(38-2)18-26(17-22)39-3)20-29(36)32-28-19-27(21-9-7-6-8-10-21)33-35(28)24-13-11-23(31)12-14-24/h6-14,16-19H,4-5,15,20H2,1-3H3,(H,32,36). The molecule has 4 aromatic rings. The monoisotopic (exact) mass is 530 g/mol. The predicted octanol–water partition coefficient (Wildman–Crippen LogP) is 5.58. The van der Waals surface area contributed by atoms with Gasteiger partial charge in [-0.25, -0.2) is 9.07 Å². The number of anilines is 1. The number of aromatic nitrogens is 2. The van der Waals surface area contributed by atoms with Crippen molar-refractivity contribution in [2.24, 2.45) is 0 Å². The number of nitrogens with one attached hydrogen (secondary N) is 1. The van der Waals surface area contributed by atoms with Gasteiger partial charge in [0.15, 0.2) is 0 Å². The second-order valence-corrected chi connectivity index (χ2v) is 8.90. The van der Waals surface area contributed by atoms with Crippen LogP contribution in [0.5, 0.6) is 11.5 Å². The average Bonchev–Trinajstić information content (AvgIpc) is 3.38.